The first-order valence-electron chi connectivity index (χ1n) is 5.93. The molecule has 8 heteroatoms. The molecule has 108 valence electrons. The molecular weight excluding hydrogens is 280 g/mol. The van der Waals surface area contributed by atoms with Crippen LogP contribution in [-0.2, 0) is 17.1 Å². The standard InChI is InChI=1S/C12H16N4O3S/c1-15-9-10(8-14-15)20(18,19)16(6-7-17)12-5-3-2-4-11(12)13/h2-5,8-9,17H,6-7,13H2,1H3. The first-order chi connectivity index (χ1) is 9.46. The largest absolute Gasteiger partial charge is 0.397 e. The second-order valence-electron chi connectivity index (χ2n) is 4.21. The summed E-state index contributed by atoms with van der Waals surface area (Å²) in [6.45, 7) is -0.390. The molecule has 2 rings (SSSR count). The minimum Gasteiger partial charge on any atom is -0.397 e. The lowest BCUT2D eigenvalue weighted by Crippen LogP contribution is -2.34. The third-order valence-electron chi connectivity index (χ3n) is 2.78. The number of nitrogens with zero attached hydrogens (tertiary/aromatic N) is 3. The third-order valence-corrected chi connectivity index (χ3v) is 4.54. The van der Waals surface area contributed by atoms with Gasteiger partial charge < -0.3 is 10.8 Å². The van der Waals surface area contributed by atoms with Crippen molar-refractivity contribution in [2.24, 2.45) is 7.05 Å². The van der Waals surface area contributed by atoms with Gasteiger partial charge in [-0.1, -0.05) is 12.1 Å². The number of sulfonamides is 1. The van der Waals surface area contributed by atoms with Crippen LogP contribution in [0.2, 0.25) is 0 Å². The first kappa shape index (κ1) is 14.4. The summed E-state index contributed by atoms with van der Waals surface area (Å²) in [6, 6.07) is 6.61. The summed E-state index contributed by atoms with van der Waals surface area (Å²) in [4.78, 5) is 0.0525. The number of aliphatic hydroxyl groups excluding tert-OH is 1. The van der Waals surface area contributed by atoms with Gasteiger partial charge in [-0.3, -0.25) is 8.99 Å². The maximum absolute atomic E-state index is 12.6. The van der Waals surface area contributed by atoms with Crippen LogP contribution in [0.15, 0.2) is 41.6 Å². The number of nitrogen functional groups attached to an aromatic ring is 1. The Morgan fingerprint density at radius 3 is 2.65 bits per heavy atom. The Balaban J connectivity index is 2.51. The molecule has 0 atom stereocenters. The van der Waals surface area contributed by atoms with Crippen LogP contribution in [0.4, 0.5) is 11.4 Å². The molecule has 1 heterocycles. The highest BCUT2D eigenvalue weighted by atomic mass is 32.2. The van der Waals surface area contributed by atoms with Crippen LogP contribution in [0.25, 0.3) is 0 Å². The van der Waals surface area contributed by atoms with E-state index in [4.69, 9.17) is 10.8 Å². The summed E-state index contributed by atoms with van der Waals surface area (Å²) in [5, 5.41) is 13.0. The Kier molecular flexibility index (Phi) is 3.96. The highest BCUT2D eigenvalue weighted by Gasteiger charge is 2.27. The fourth-order valence-electron chi connectivity index (χ4n) is 1.83. The van der Waals surface area contributed by atoms with E-state index >= 15 is 0 Å². The zero-order chi connectivity index (χ0) is 14.8. The van der Waals surface area contributed by atoms with Crippen molar-refractivity contribution in [3.8, 4) is 0 Å². The normalized spacial score (nSPS) is 11.5. The molecule has 1 aromatic heterocycles. The van der Waals surface area contributed by atoms with E-state index in [0.29, 0.717) is 11.4 Å². The van der Waals surface area contributed by atoms with E-state index in [-0.39, 0.29) is 18.0 Å². The van der Waals surface area contributed by atoms with E-state index < -0.39 is 10.0 Å². The second-order valence-corrected chi connectivity index (χ2v) is 6.07. The van der Waals surface area contributed by atoms with Gasteiger partial charge in [0.25, 0.3) is 10.0 Å². The lowest BCUT2D eigenvalue weighted by Gasteiger charge is -2.24. The van der Waals surface area contributed by atoms with Gasteiger partial charge in [0, 0.05) is 13.2 Å². The second kappa shape index (κ2) is 5.51. The van der Waals surface area contributed by atoms with Gasteiger partial charge in [-0.05, 0) is 12.1 Å². The Morgan fingerprint density at radius 1 is 1.40 bits per heavy atom. The molecule has 0 aliphatic carbocycles. The van der Waals surface area contributed by atoms with Gasteiger partial charge in [0.2, 0.25) is 0 Å². The molecule has 0 saturated heterocycles. The zero-order valence-electron chi connectivity index (χ0n) is 11.0. The van der Waals surface area contributed by atoms with E-state index in [9.17, 15) is 8.42 Å². The number of hydrogen-bond acceptors (Lipinski definition) is 5. The van der Waals surface area contributed by atoms with Crippen molar-refractivity contribution in [2.75, 3.05) is 23.2 Å². The predicted octanol–water partition coefficient (Wildman–Crippen LogP) is 0.190. The van der Waals surface area contributed by atoms with E-state index in [1.807, 2.05) is 0 Å². The molecule has 0 unspecified atom stereocenters. The molecule has 20 heavy (non-hydrogen) atoms. The molecule has 1 aromatic carbocycles. The van der Waals surface area contributed by atoms with Crippen molar-refractivity contribution in [2.45, 2.75) is 4.90 Å². The molecule has 0 aliphatic rings. The number of para-hydroxylation sites is 2. The highest BCUT2D eigenvalue weighted by Crippen LogP contribution is 2.28. The number of rotatable bonds is 5. The fourth-order valence-corrected chi connectivity index (χ4v) is 3.30. The van der Waals surface area contributed by atoms with E-state index in [1.165, 1.54) is 17.1 Å². The van der Waals surface area contributed by atoms with Crippen molar-refractivity contribution in [3.05, 3.63) is 36.7 Å². The molecule has 0 spiro atoms. The van der Waals surface area contributed by atoms with Crippen LogP contribution >= 0.6 is 0 Å². The Labute approximate surface area is 117 Å². The molecule has 0 radical (unpaired) electrons. The van der Waals surface area contributed by atoms with Crippen molar-refractivity contribution in [1.82, 2.24) is 9.78 Å². The number of anilines is 2. The van der Waals surface area contributed by atoms with Gasteiger partial charge in [-0.2, -0.15) is 5.10 Å². The number of nitrogens with two attached hydrogens (primary N) is 1. The summed E-state index contributed by atoms with van der Waals surface area (Å²) in [5.41, 5.74) is 6.49. The van der Waals surface area contributed by atoms with Gasteiger partial charge in [-0.25, -0.2) is 8.42 Å². The minimum atomic E-state index is -3.81. The summed E-state index contributed by atoms with van der Waals surface area (Å²) in [6.07, 6.45) is 2.66. The Hall–Kier alpha value is -2.06. The zero-order valence-corrected chi connectivity index (χ0v) is 11.8. The van der Waals surface area contributed by atoms with Crippen LogP contribution < -0.4 is 10.0 Å². The number of aryl methyl sites for hydroxylation is 1. The SMILES string of the molecule is Cn1cc(S(=O)(=O)N(CCO)c2ccccc2N)cn1. The van der Waals surface area contributed by atoms with Gasteiger partial charge in [0.1, 0.15) is 4.90 Å². The number of aliphatic hydroxyl groups is 1. The average molecular weight is 296 g/mol. The quantitative estimate of drug-likeness (QED) is 0.767. The first-order valence-corrected chi connectivity index (χ1v) is 7.37. The van der Waals surface area contributed by atoms with Gasteiger partial charge in [0.15, 0.2) is 0 Å². The van der Waals surface area contributed by atoms with Gasteiger partial charge in [0.05, 0.1) is 30.7 Å². The lowest BCUT2D eigenvalue weighted by atomic mass is 10.3. The Morgan fingerprint density at radius 2 is 2.10 bits per heavy atom. The number of benzene rings is 1. The molecule has 0 aliphatic heterocycles. The van der Waals surface area contributed by atoms with Crippen molar-refractivity contribution >= 4 is 21.4 Å². The number of aromatic nitrogens is 2. The molecule has 0 fully saturated rings. The lowest BCUT2D eigenvalue weighted by molar-refractivity contribution is 0.306. The third kappa shape index (κ3) is 2.61. The maximum Gasteiger partial charge on any atom is 0.267 e. The summed E-state index contributed by atoms with van der Waals surface area (Å²) < 4.78 is 27.7. The molecule has 0 bridgehead atoms. The molecule has 0 saturated carbocycles. The molecule has 3 N–H and O–H groups in total. The maximum atomic E-state index is 12.6. The van der Waals surface area contributed by atoms with Crippen molar-refractivity contribution in [3.63, 3.8) is 0 Å². The van der Waals surface area contributed by atoms with Crippen LogP contribution in [0.5, 0.6) is 0 Å². The van der Waals surface area contributed by atoms with Crippen molar-refractivity contribution in [1.29, 1.82) is 0 Å². The topological polar surface area (TPSA) is 101 Å². The molecule has 7 nitrogen and oxygen atoms in total. The fraction of sp³-hybridized carbons (Fsp3) is 0.250. The van der Waals surface area contributed by atoms with Gasteiger partial charge in [-0.15, -0.1) is 0 Å². The van der Waals surface area contributed by atoms with Crippen LogP contribution in [-0.4, -0.2) is 36.5 Å². The summed E-state index contributed by atoms with van der Waals surface area (Å²) in [5.74, 6) is 0. The van der Waals surface area contributed by atoms with Crippen LogP contribution in [0, 0.1) is 0 Å². The highest BCUT2D eigenvalue weighted by molar-refractivity contribution is 7.92. The monoisotopic (exact) mass is 296 g/mol. The predicted molar refractivity (Wildman–Crippen MR) is 75.7 cm³/mol. The minimum absolute atomic E-state index is 0.0525. The summed E-state index contributed by atoms with van der Waals surface area (Å²) >= 11 is 0. The van der Waals surface area contributed by atoms with Crippen LogP contribution in [0.1, 0.15) is 0 Å². The van der Waals surface area contributed by atoms with Crippen molar-refractivity contribution < 1.29 is 13.5 Å². The van der Waals surface area contributed by atoms with Crippen LogP contribution in [0.3, 0.4) is 0 Å². The van der Waals surface area contributed by atoms with E-state index in [1.54, 1.807) is 31.3 Å². The molecule has 0 amide bonds. The van der Waals surface area contributed by atoms with Gasteiger partial charge >= 0.3 is 0 Å². The smallest absolute Gasteiger partial charge is 0.267 e. The number of hydrogen-bond donors (Lipinski definition) is 2. The van der Waals surface area contributed by atoms with E-state index in [2.05, 4.69) is 5.10 Å². The molecular formula is C12H16N4O3S. The average Bonchev–Trinajstić information content (AvgIpc) is 2.84. The van der Waals surface area contributed by atoms with E-state index in [0.717, 1.165) is 4.31 Å². The Bertz CT molecular complexity index is 696. The summed E-state index contributed by atoms with van der Waals surface area (Å²) in [7, 11) is -2.18. The molecule has 2 aromatic rings.